The minimum Gasteiger partial charge on any atom is -0.494 e. The molecule has 8 heteroatoms. The van der Waals surface area contributed by atoms with Gasteiger partial charge in [0.05, 0.1) is 6.54 Å². The molecule has 0 bridgehead atoms. The van der Waals surface area contributed by atoms with E-state index in [0.29, 0.717) is 12.4 Å². The van der Waals surface area contributed by atoms with Gasteiger partial charge >= 0.3 is 6.36 Å². The number of anilines is 1. The SMILES string of the molecule is Cc1cc(-c2ccc(N)nc2)cc2cn(Cc3ccc(OC(F)(F)F)cc3)c(O)c12. The number of nitrogen functional groups attached to an aromatic ring is 1. The monoisotopic (exact) mass is 413 g/mol. The molecule has 4 rings (SSSR count). The van der Waals surface area contributed by atoms with Gasteiger partial charge in [0.1, 0.15) is 11.6 Å². The van der Waals surface area contributed by atoms with E-state index in [2.05, 4.69) is 9.72 Å². The number of nitrogens with two attached hydrogens (primary N) is 1. The molecular weight excluding hydrogens is 395 g/mol. The Balaban J connectivity index is 1.64. The number of hydrogen-bond donors (Lipinski definition) is 2. The first-order chi connectivity index (χ1) is 14.2. The van der Waals surface area contributed by atoms with E-state index in [-0.39, 0.29) is 11.6 Å². The van der Waals surface area contributed by atoms with Gasteiger partial charge in [0.2, 0.25) is 0 Å². The summed E-state index contributed by atoms with van der Waals surface area (Å²) in [6.45, 7) is 2.20. The van der Waals surface area contributed by atoms with Gasteiger partial charge in [-0.2, -0.15) is 0 Å². The minimum absolute atomic E-state index is 0.0973. The number of nitrogens with zero attached hydrogens (tertiary/aromatic N) is 2. The topological polar surface area (TPSA) is 73.3 Å². The number of fused-ring (bicyclic) bond motifs is 1. The van der Waals surface area contributed by atoms with E-state index in [1.807, 2.05) is 31.3 Å². The van der Waals surface area contributed by atoms with Crippen LogP contribution in [0, 0.1) is 6.92 Å². The van der Waals surface area contributed by atoms with Crippen LogP contribution < -0.4 is 10.5 Å². The number of ether oxygens (including phenoxy) is 1. The van der Waals surface area contributed by atoms with Crippen molar-refractivity contribution in [3.8, 4) is 22.8 Å². The first-order valence-electron chi connectivity index (χ1n) is 9.08. The van der Waals surface area contributed by atoms with Crippen LogP contribution >= 0.6 is 0 Å². The molecule has 5 nitrogen and oxygen atoms in total. The van der Waals surface area contributed by atoms with Gasteiger partial charge in [-0.05, 0) is 53.9 Å². The number of hydrogen-bond acceptors (Lipinski definition) is 4. The van der Waals surface area contributed by atoms with Crippen LogP contribution in [0.3, 0.4) is 0 Å². The van der Waals surface area contributed by atoms with E-state index in [1.165, 1.54) is 24.3 Å². The molecule has 0 unspecified atom stereocenters. The first kappa shape index (κ1) is 19.6. The van der Waals surface area contributed by atoms with E-state index in [4.69, 9.17) is 5.73 Å². The van der Waals surface area contributed by atoms with Crippen LogP contribution in [-0.4, -0.2) is 21.0 Å². The van der Waals surface area contributed by atoms with Gasteiger partial charge in [-0.1, -0.05) is 18.2 Å². The Bertz CT molecular complexity index is 1200. The van der Waals surface area contributed by atoms with Crippen molar-refractivity contribution in [3.05, 3.63) is 72.1 Å². The quantitative estimate of drug-likeness (QED) is 0.480. The molecular formula is C22H18F3N3O2. The minimum atomic E-state index is -4.73. The maximum Gasteiger partial charge on any atom is 0.573 e. The Labute approximate surface area is 170 Å². The summed E-state index contributed by atoms with van der Waals surface area (Å²) in [6.07, 6.45) is -1.23. The lowest BCUT2D eigenvalue weighted by molar-refractivity contribution is -0.274. The van der Waals surface area contributed by atoms with Crippen LogP contribution in [-0.2, 0) is 6.54 Å². The summed E-state index contributed by atoms with van der Waals surface area (Å²) in [5.41, 5.74) is 9.11. The maximum absolute atomic E-state index is 12.3. The zero-order chi connectivity index (χ0) is 21.5. The molecule has 2 aromatic heterocycles. The van der Waals surface area contributed by atoms with E-state index >= 15 is 0 Å². The fraction of sp³-hybridized carbons (Fsp3) is 0.136. The summed E-state index contributed by atoms with van der Waals surface area (Å²) in [4.78, 5) is 4.12. The Morgan fingerprint density at radius 3 is 2.43 bits per heavy atom. The maximum atomic E-state index is 12.3. The van der Waals surface area contributed by atoms with E-state index in [9.17, 15) is 18.3 Å². The van der Waals surface area contributed by atoms with Crippen molar-refractivity contribution < 1.29 is 23.0 Å². The summed E-state index contributed by atoms with van der Waals surface area (Å²) in [6, 6.07) is 13.1. The Kier molecular flexibility index (Phi) is 4.77. The number of alkyl halides is 3. The molecule has 4 aromatic rings. The van der Waals surface area contributed by atoms with Crippen LogP contribution in [0.4, 0.5) is 19.0 Å². The van der Waals surface area contributed by atoms with Gasteiger partial charge in [0.25, 0.3) is 0 Å². The molecule has 0 aliphatic heterocycles. The van der Waals surface area contributed by atoms with Crippen molar-refractivity contribution in [2.45, 2.75) is 19.8 Å². The van der Waals surface area contributed by atoms with Crippen LogP contribution in [0.5, 0.6) is 11.6 Å². The average molecular weight is 413 g/mol. The number of rotatable bonds is 4. The number of benzene rings is 2. The van der Waals surface area contributed by atoms with Gasteiger partial charge in [-0.25, -0.2) is 4.98 Å². The van der Waals surface area contributed by atoms with Crippen molar-refractivity contribution in [2.75, 3.05) is 5.73 Å². The molecule has 0 saturated carbocycles. The molecule has 2 aromatic carbocycles. The third kappa shape index (κ3) is 4.03. The Morgan fingerprint density at radius 2 is 1.80 bits per heavy atom. The molecule has 0 saturated heterocycles. The normalized spacial score (nSPS) is 11.7. The van der Waals surface area contributed by atoms with Crippen molar-refractivity contribution >= 4 is 16.6 Å². The van der Waals surface area contributed by atoms with Crippen molar-refractivity contribution in [1.29, 1.82) is 0 Å². The van der Waals surface area contributed by atoms with Crippen molar-refractivity contribution in [2.24, 2.45) is 0 Å². The molecule has 0 aliphatic rings. The van der Waals surface area contributed by atoms with Gasteiger partial charge in [-0.3, -0.25) is 0 Å². The second-order valence-corrected chi connectivity index (χ2v) is 7.00. The van der Waals surface area contributed by atoms with Crippen molar-refractivity contribution in [3.63, 3.8) is 0 Å². The number of aromatic nitrogens is 2. The predicted molar refractivity (Wildman–Crippen MR) is 108 cm³/mol. The summed E-state index contributed by atoms with van der Waals surface area (Å²) < 4.78 is 42.5. The van der Waals surface area contributed by atoms with E-state index in [0.717, 1.165) is 33.0 Å². The molecule has 30 heavy (non-hydrogen) atoms. The van der Waals surface area contributed by atoms with Crippen LogP contribution in [0.1, 0.15) is 11.1 Å². The lowest BCUT2D eigenvalue weighted by atomic mass is 10.0. The predicted octanol–water partition coefficient (Wildman–Crippen LogP) is 5.25. The third-order valence-electron chi connectivity index (χ3n) is 4.79. The fourth-order valence-electron chi connectivity index (χ4n) is 3.45. The lowest BCUT2D eigenvalue weighted by Gasteiger charge is -2.10. The molecule has 0 aliphatic carbocycles. The smallest absolute Gasteiger partial charge is 0.494 e. The Morgan fingerprint density at radius 1 is 1.07 bits per heavy atom. The highest BCUT2D eigenvalue weighted by Crippen LogP contribution is 2.35. The highest BCUT2D eigenvalue weighted by molar-refractivity contribution is 5.94. The molecule has 0 atom stereocenters. The summed E-state index contributed by atoms with van der Waals surface area (Å²) in [5, 5.41) is 12.3. The van der Waals surface area contributed by atoms with Gasteiger partial charge < -0.3 is 20.1 Å². The molecule has 0 spiro atoms. The summed E-state index contributed by atoms with van der Waals surface area (Å²) in [7, 11) is 0. The highest BCUT2D eigenvalue weighted by Gasteiger charge is 2.30. The zero-order valence-electron chi connectivity index (χ0n) is 15.9. The molecule has 0 radical (unpaired) electrons. The van der Waals surface area contributed by atoms with Crippen LogP contribution in [0.2, 0.25) is 0 Å². The van der Waals surface area contributed by atoms with Gasteiger partial charge in [-0.15, -0.1) is 13.2 Å². The van der Waals surface area contributed by atoms with E-state index in [1.54, 1.807) is 16.8 Å². The van der Waals surface area contributed by atoms with E-state index < -0.39 is 6.36 Å². The fourth-order valence-corrected chi connectivity index (χ4v) is 3.45. The number of aryl methyl sites for hydroxylation is 1. The standard InChI is InChI=1S/C22H18F3N3O2/c1-13-8-16(15-4-7-19(26)27-10-15)9-17-12-28(21(29)20(13)17)11-14-2-5-18(6-3-14)30-22(23,24)25/h2-10,12,29H,11H2,1H3,(H2,26,27). The molecule has 2 heterocycles. The van der Waals surface area contributed by atoms with Crippen LogP contribution in [0.15, 0.2) is 60.9 Å². The summed E-state index contributed by atoms with van der Waals surface area (Å²) in [5.74, 6) is 0.248. The highest BCUT2D eigenvalue weighted by atomic mass is 19.4. The second kappa shape index (κ2) is 7.29. The first-order valence-corrected chi connectivity index (χ1v) is 9.08. The van der Waals surface area contributed by atoms with Crippen molar-refractivity contribution in [1.82, 2.24) is 9.55 Å². The average Bonchev–Trinajstić information content (AvgIpc) is 2.98. The Hall–Kier alpha value is -3.68. The second-order valence-electron chi connectivity index (χ2n) is 7.00. The summed E-state index contributed by atoms with van der Waals surface area (Å²) >= 11 is 0. The molecule has 154 valence electrons. The van der Waals surface area contributed by atoms with Crippen LogP contribution in [0.25, 0.3) is 21.9 Å². The van der Waals surface area contributed by atoms with Gasteiger partial charge in [0, 0.05) is 28.7 Å². The lowest BCUT2D eigenvalue weighted by Crippen LogP contribution is -2.17. The number of pyridine rings is 1. The number of halogens is 3. The number of aromatic hydroxyl groups is 1. The molecule has 0 amide bonds. The molecule has 3 N–H and O–H groups in total. The van der Waals surface area contributed by atoms with Gasteiger partial charge in [0.15, 0.2) is 5.88 Å². The third-order valence-corrected chi connectivity index (χ3v) is 4.79. The zero-order valence-corrected chi connectivity index (χ0v) is 15.9. The molecule has 0 fully saturated rings. The largest absolute Gasteiger partial charge is 0.573 e.